The van der Waals surface area contributed by atoms with Gasteiger partial charge in [0.05, 0.1) is 13.7 Å². The summed E-state index contributed by atoms with van der Waals surface area (Å²) in [6.45, 7) is 2.03. The molecule has 0 spiro atoms. The van der Waals surface area contributed by atoms with Crippen molar-refractivity contribution in [2.24, 2.45) is 0 Å². The number of carbonyl (C=O) groups excluding carboxylic acids is 1. The van der Waals surface area contributed by atoms with E-state index in [1.165, 1.54) is 0 Å². The number of methoxy groups -OCH3 is 1. The monoisotopic (exact) mass is 367 g/mol. The molecule has 0 bridgehead atoms. The molecule has 7 heteroatoms. The predicted octanol–water partition coefficient (Wildman–Crippen LogP) is 3.22. The molecule has 0 fully saturated rings. The molecule has 0 aliphatic heterocycles. The van der Waals surface area contributed by atoms with Crippen LogP contribution in [0.3, 0.4) is 0 Å². The lowest BCUT2D eigenvalue weighted by molar-refractivity contribution is -0.128. The molecule has 1 N–H and O–H groups in total. The smallest absolute Gasteiger partial charge is 0.261 e. The van der Waals surface area contributed by atoms with Gasteiger partial charge in [-0.05, 0) is 42.8 Å². The molecule has 0 saturated carbocycles. The number of ether oxygens (including phenoxy) is 2. The summed E-state index contributed by atoms with van der Waals surface area (Å²) in [5.74, 6) is 1.95. The zero-order valence-electron chi connectivity index (χ0n) is 15.2. The molecular weight excluding hydrogens is 346 g/mol. The Hall–Kier alpha value is -3.35. The second-order valence-corrected chi connectivity index (χ2v) is 5.79. The number of nitrogens with one attached hydrogen (secondary N) is 1. The molecule has 0 aliphatic rings. The summed E-state index contributed by atoms with van der Waals surface area (Å²) >= 11 is 0. The van der Waals surface area contributed by atoms with E-state index in [9.17, 15) is 4.79 Å². The maximum Gasteiger partial charge on any atom is 0.261 e. The number of aromatic nitrogens is 2. The summed E-state index contributed by atoms with van der Waals surface area (Å²) in [6.07, 6.45) is -0.0434. The Morgan fingerprint density at radius 2 is 1.85 bits per heavy atom. The first-order chi connectivity index (χ1) is 13.2. The first-order valence-electron chi connectivity index (χ1n) is 8.66. The van der Waals surface area contributed by atoms with Crippen LogP contribution in [0.4, 0.5) is 0 Å². The van der Waals surface area contributed by atoms with Crippen LogP contribution in [-0.4, -0.2) is 29.3 Å². The van der Waals surface area contributed by atoms with Crippen LogP contribution in [0, 0.1) is 0 Å². The average molecular weight is 367 g/mol. The highest BCUT2D eigenvalue weighted by molar-refractivity contribution is 5.80. The molecule has 1 atom stereocenters. The van der Waals surface area contributed by atoms with Crippen LogP contribution in [0.1, 0.15) is 19.2 Å². The van der Waals surface area contributed by atoms with Crippen LogP contribution in [0.5, 0.6) is 11.5 Å². The van der Waals surface area contributed by atoms with Crippen molar-refractivity contribution in [1.29, 1.82) is 0 Å². The fourth-order valence-electron chi connectivity index (χ4n) is 2.45. The summed E-state index contributed by atoms with van der Waals surface area (Å²) in [5.41, 5.74) is 0.802. The van der Waals surface area contributed by atoms with Gasteiger partial charge in [-0.1, -0.05) is 30.3 Å². The van der Waals surface area contributed by atoms with Crippen molar-refractivity contribution in [3.8, 4) is 22.9 Å². The Morgan fingerprint density at radius 3 is 2.52 bits per heavy atom. The van der Waals surface area contributed by atoms with Crippen LogP contribution in [0.2, 0.25) is 0 Å². The van der Waals surface area contributed by atoms with Gasteiger partial charge >= 0.3 is 0 Å². The number of hydrogen-bond donors (Lipinski definition) is 1. The van der Waals surface area contributed by atoms with E-state index in [-0.39, 0.29) is 12.5 Å². The molecule has 140 valence electrons. The highest BCUT2D eigenvalue weighted by Gasteiger charge is 2.19. The third-order valence-electron chi connectivity index (χ3n) is 3.91. The lowest BCUT2D eigenvalue weighted by Crippen LogP contribution is -2.37. The number of amides is 1. The van der Waals surface area contributed by atoms with E-state index in [1.807, 2.05) is 61.5 Å². The van der Waals surface area contributed by atoms with E-state index in [2.05, 4.69) is 15.5 Å². The van der Waals surface area contributed by atoms with E-state index in [4.69, 9.17) is 14.0 Å². The van der Waals surface area contributed by atoms with Gasteiger partial charge in [0.2, 0.25) is 11.7 Å². The fraction of sp³-hybridized carbons (Fsp3) is 0.250. The Morgan fingerprint density at radius 1 is 1.11 bits per heavy atom. The van der Waals surface area contributed by atoms with Gasteiger partial charge in [-0.25, -0.2) is 0 Å². The van der Waals surface area contributed by atoms with Crippen molar-refractivity contribution in [3.05, 3.63) is 60.5 Å². The Kier molecular flexibility index (Phi) is 6.04. The SMILES string of the molecule is CC[C@@H](Oc1ccccc1)C(=O)NCc1nc(-c2ccc(OC)cc2)no1. The quantitative estimate of drug-likeness (QED) is 0.658. The largest absolute Gasteiger partial charge is 0.497 e. The van der Waals surface area contributed by atoms with Crippen molar-refractivity contribution >= 4 is 5.91 Å². The molecule has 1 heterocycles. The Balaban J connectivity index is 1.57. The molecule has 0 radical (unpaired) electrons. The van der Waals surface area contributed by atoms with Crippen LogP contribution in [0.25, 0.3) is 11.4 Å². The maximum absolute atomic E-state index is 12.4. The topological polar surface area (TPSA) is 86.5 Å². The second-order valence-electron chi connectivity index (χ2n) is 5.79. The van der Waals surface area contributed by atoms with Crippen LogP contribution >= 0.6 is 0 Å². The van der Waals surface area contributed by atoms with Gasteiger partial charge in [0, 0.05) is 5.56 Å². The predicted molar refractivity (Wildman–Crippen MR) is 99.3 cm³/mol. The number of carbonyl (C=O) groups is 1. The van der Waals surface area contributed by atoms with Crippen LogP contribution in [-0.2, 0) is 11.3 Å². The lowest BCUT2D eigenvalue weighted by Gasteiger charge is -2.16. The van der Waals surface area contributed by atoms with Gasteiger partial charge < -0.3 is 19.3 Å². The van der Waals surface area contributed by atoms with Crippen molar-refractivity contribution in [2.75, 3.05) is 7.11 Å². The van der Waals surface area contributed by atoms with E-state index >= 15 is 0 Å². The highest BCUT2D eigenvalue weighted by Crippen LogP contribution is 2.19. The van der Waals surface area contributed by atoms with E-state index in [1.54, 1.807) is 7.11 Å². The normalized spacial score (nSPS) is 11.6. The number of nitrogens with zero attached hydrogens (tertiary/aromatic N) is 2. The van der Waals surface area contributed by atoms with E-state index in [0.29, 0.717) is 23.9 Å². The molecule has 1 aromatic heterocycles. The first kappa shape index (κ1) is 18.4. The van der Waals surface area contributed by atoms with E-state index < -0.39 is 6.10 Å². The average Bonchev–Trinajstić information content (AvgIpc) is 3.20. The standard InChI is InChI=1S/C20H21N3O4/c1-3-17(26-16-7-5-4-6-8-16)20(24)21-13-18-22-19(23-27-18)14-9-11-15(25-2)12-10-14/h4-12,17H,3,13H2,1-2H3,(H,21,24)/t17-/m1/s1. The van der Waals surface area contributed by atoms with Crippen molar-refractivity contribution < 1.29 is 18.8 Å². The number of hydrogen-bond acceptors (Lipinski definition) is 6. The summed E-state index contributed by atoms with van der Waals surface area (Å²) in [7, 11) is 1.61. The maximum atomic E-state index is 12.4. The van der Waals surface area contributed by atoms with E-state index in [0.717, 1.165) is 11.3 Å². The van der Waals surface area contributed by atoms with Gasteiger partial charge in [-0.15, -0.1) is 0 Å². The molecular formula is C20H21N3O4. The first-order valence-corrected chi connectivity index (χ1v) is 8.66. The molecule has 7 nitrogen and oxygen atoms in total. The molecule has 0 aliphatic carbocycles. The van der Waals surface area contributed by atoms with Gasteiger partial charge in [0.25, 0.3) is 5.91 Å². The third-order valence-corrected chi connectivity index (χ3v) is 3.91. The number of para-hydroxylation sites is 1. The van der Waals surface area contributed by atoms with Crippen molar-refractivity contribution in [3.63, 3.8) is 0 Å². The zero-order chi connectivity index (χ0) is 19.1. The number of benzene rings is 2. The molecule has 0 saturated heterocycles. The molecule has 1 amide bonds. The van der Waals surface area contributed by atoms with Gasteiger partial charge in [-0.2, -0.15) is 4.98 Å². The lowest BCUT2D eigenvalue weighted by atomic mass is 10.2. The molecule has 3 rings (SSSR count). The van der Waals surface area contributed by atoms with Crippen LogP contribution < -0.4 is 14.8 Å². The fourth-order valence-corrected chi connectivity index (χ4v) is 2.45. The Labute approximate surface area is 157 Å². The van der Waals surface area contributed by atoms with Gasteiger partial charge in [0.15, 0.2) is 6.10 Å². The number of rotatable bonds is 8. The molecule has 0 unspecified atom stereocenters. The summed E-state index contributed by atoms with van der Waals surface area (Å²) in [6, 6.07) is 16.6. The van der Waals surface area contributed by atoms with Crippen LogP contribution in [0.15, 0.2) is 59.1 Å². The highest BCUT2D eigenvalue weighted by atomic mass is 16.5. The van der Waals surface area contributed by atoms with Gasteiger partial charge in [0.1, 0.15) is 11.5 Å². The third kappa shape index (κ3) is 4.84. The molecule has 27 heavy (non-hydrogen) atoms. The van der Waals surface area contributed by atoms with Crippen molar-refractivity contribution in [2.45, 2.75) is 26.0 Å². The minimum Gasteiger partial charge on any atom is -0.497 e. The van der Waals surface area contributed by atoms with Crippen molar-refractivity contribution in [1.82, 2.24) is 15.5 Å². The molecule has 3 aromatic rings. The molecule has 2 aromatic carbocycles. The summed E-state index contributed by atoms with van der Waals surface area (Å²) in [5, 5.41) is 6.72. The minimum absolute atomic E-state index is 0.136. The summed E-state index contributed by atoms with van der Waals surface area (Å²) < 4.78 is 16.1. The Bertz CT molecular complexity index is 862. The second kappa shape index (κ2) is 8.84. The minimum atomic E-state index is -0.587. The summed E-state index contributed by atoms with van der Waals surface area (Å²) in [4.78, 5) is 16.7. The van der Waals surface area contributed by atoms with Gasteiger partial charge in [-0.3, -0.25) is 4.79 Å². The zero-order valence-corrected chi connectivity index (χ0v) is 15.2.